The van der Waals surface area contributed by atoms with E-state index in [-0.39, 0.29) is 0 Å². The molecular weight excluding hydrogens is 208 g/mol. The van der Waals surface area contributed by atoms with Gasteiger partial charge in [0.15, 0.2) is 0 Å². The Balaban J connectivity index is 1.72. The van der Waals surface area contributed by atoms with E-state index in [0.29, 0.717) is 5.41 Å². The number of pyridine rings is 1. The highest BCUT2D eigenvalue weighted by molar-refractivity contribution is 5.27. The molecule has 2 heteroatoms. The molecule has 2 saturated carbocycles. The average Bonchev–Trinajstić information content (AvgIpc) is 3.13. The van der Waals surface area contributed by atoms with Crippen molar-refractivity contribution < 1.29 is 0 Å². The molecule has 92 valence electrons. The van der Waals surface area contributed by atoms with Crippen molar-refractivity contribution in [1.82, 2.24) is 10.3 Å². The van der Waals surface area contributed by atoms with E-state index in [9.17, 15) is 0 Å². The Labute approximate surface area is 104 Å². The van der Waals surface area contributed by atoms with Gasteiger partial charge in [-0.3, -0.25) is 4.98 Å². The molecule has 1 aromatic rings. The predicted octanol–water partition coefficient (Wildman–Crippen LogP) is 2.89. The number of nitrogens with zero attached hydrogens (tertiary/aromatic N) is 1. The molecule has 0 spiro atoms. The molecule has 2 nitrogen and oxygen atoms in total. The Morgan fingerprint density at radius 2 is 2.24 bits per heavy atom. The van der Waals surface area contributed by atoms with Crippen LogP contribution in [0.3, 0.4) is 0 Å². The monoisotopic (exact) mass is 230 g/mol. The normalized spacial score (nSPS) is 32.2. The summed E-state index contributed by atoms with van der Waals surface area (Å²) in [6.45, 7) is 3.46. The van der Waals surface area contributed by atoms with Gasteiger partial charge in [0.25, 0.3) is 0 Å². The van der Waals surface area contributed by atoms with Gasteiger partial charge in [-0.15, -0.1) is 0 Å². The zero-order valence-corrected chi connectivity index (χ0v) is 10.7. The van der Waals surface area contributed by atoms with Crippen molar-refractivity contribution >= 4 is 0 Å². The second kappa shape index (κ2) is 4.41. The zero-order valence-electron chi connectivity index (χ0n) is 10.7. The van der Waals surface area contributed by atoms with Crippen LogP contribution in [0.1, 0.15) is 44.6 Å². The van der Waals surface area contributed by atoms with Gasteiger partial charge in [0.2, 0.25) is 0 Å². The summed E-state index contributed by atoms with van der Waals surface area (Å²) < 4.78 is 0. The molecule has 2 fully saturated rings. The predicted molar refractivity (Wildman–Crippen MR) is 70.0 cm³/mol. The van der Waals surface area contributed by atoms with E-state index in [1.165, 1.54) is 37.7 Å². The molecular formula is C15H22N2. The van der Waals surface area contributed by atoms with Gasteiger partial charge in [-0.1, -0.05) is 19.4 Å². The lowest BCUT2D eigenvalue weighted by Gasteiger charge is -2.48. The first kappa shape index (κ1) is 11.2. The lowest BCUT2D eigenvalue weighted by atomic mass is 9.58. The summed E-state index contributed by atoms with van der Waals surface area (Å²) in [5.41, 5.74) is 1.83. The van der Waals surface area contributed by atoms with Gasteiger partial charge in [-0.05, 0) is 43.2 Å². The second-order valence-corrected chi connectivity index (χ2v) is 5.86. The zero-order chi connectivity index (χ0) is 11.7. The Hall–Kier alpha value is -0.890. The highest BCUT2D eigenvalue weighted by atomic mass is 15.0. The van der Waals surface area contributed by atoms with Crippen LogP contribution in [-0.4, -0.2) is 17.6 Å². The van der Waals surface area contributed by atoms with Crippen LogP contribution in [0.2, 0.25) is 0 Å². The molecule has 1 aromatic heterocycles. The fraction of sp³-hybridized carbons (Fsp3) is 0.667. The summed E-state index contributed by atoms with van der Waals surface area (Å²) in [7, 11) is 0. The minimum atomic E-state index is 0.386. The van der Waals surface area contributed by atoms with Gasteiger partial charge in [-0.25, -0.2) is 0 Å². The molecule has 0 saturated heterocycles. The molecule has 0 atom stereocenters. The van der Waals surface area contributed by atoms with Gasteiger partial charge in [-0.2, -0.15) is 0 Å². The van der Waals surface area contributed by atoms with E-state index in [1.807, 2.05) is 6.20 Å². The molecule has 1 heterocycles. The first-order chi connectivity index (χ1) is 8.32. The summed E-state index contributed by atoms with van der Waals surface area (Å²) in [4.78, 5) is 4.30. The summed E-state index contributed by atoms with van der Waals surface area (Å²) in [6, 6.07) is 5.14. The topological polar surface area (TPSA) is 24.9 Å². The first-order valence-electron chi connectivity index (χ1n) is 6.96. The Morgan fingerprint density at radius 1 is 1.41 bits per heavy atom. The molecule has 2 aliphatic carbocycles. The van der Waals surface area contributed by atoms with Gasteiger partial charge in [0, 0.05) is 30.4 Å². The molecule has 0 bridgehead atoms. The quantitative estimate of drug-likeness (QED) is 0.841. The van der Waals surface area contributed by atoms with Crippen molar-refractivity contribution in [1.29, 1.82) is 0 Å². The summed E-state index contributed by atoms with van der Waals surface area (Å²) in [5, 5.41) is 3.71. The number of aromatic nitrogens is 1. The summed E-state index contributed by atoms with van der Waals surface area (Å²) in [5.74, 6) is 0.927. The second-order valence-electron chi connectivity index (χ2n) is 5.86. The van der Waals surface area contributed by atoms with Crippen molar-refractivity contribution in [2.45, 2.75) is 50.5 Å². The van der Waals surface area contributed by atoms with Crippen LogP contribution in [0.5, 0.6) is 0 Å². The third-order valence-corrected chi connectivity index (χ3v) is 4.52. The average molecular weight is 230 g/mol. The van der Waals surface area contributed by atoms with Crippen LogP contribution in [-0.2, 0) is 5.41 Å². The van der Waals surface area contributed by atoms with Crippen molar-refractivity contribution in [3.05, 3.63) is 30.1 Å². The van der Waals surface area contributed by atoms with Crippen molar-refractivity contribution in [3.63, 3.8) is 0 Å². The molecule has 0 aliphatic heterocycles. The standard InChI is InChI=1S/C15H22N2/c1-2-12-8-15(9-12,11-17-14-5-6-14)13-4-3-7-16-10-13/h3-4,7,10,12,14,17H,2,5-6,8-9,11H2,1H3. The number of hydrogen-bond acceptors (Lipinski definition) is 2. The summed E-state index contributed by atoms with van der Waals surface area (Å²) in [6.07, 6.45) is 10.7. The van der Waals surface area contributed by atoms with E-state index in [0.717, 1.165) is 18.5 Å². The lowest BCUT2D eigenvalue weighted by Crippen LogP contribution is -2.49. The molecule has 2 aliphatic rings. The Morgan fingerprint density at radius 3 is 2.82 bits per heavy atom. The molecule has 1 N–H and O–H groups in total. The van der Waals surface area contributed by atoms with Crippen LogP contribution >= 0.6 is 0 Å². The highest BCUT2D eigenvalue weighted by Gasteiger charge is 2.45. The van der Waals surface area contributed by atoms with Crippen LogP contribution in [0.4, 0.5) is 0 Å². The number of nitrogens with one attached hydrogen (secondary N) is 1. The van der Waals surface area contributed by atoms with Crippen LogP contribution in [0.15, 0.2) is 24.5 Å². The Kier molecular flexibility index (Phi) is 2.91. The maximum atomic E-state index is 4.30. The third kappa shape index (κ3) is 2.23. The summed E-state index contributed by atoms with van der Waals surface area (Å²) >= 11 is 0. The van der Waals surface area contributed by atoms with Crippen LogP contribution < -0.4 is 5.32 Å². The van der Waals surface area contributed by atoms with E-state index in [1.54, 1.807) is 0 Å². The van der Waals surface area contributed by atoms with E-state index >= 15 is 0 Å². The molecule has 0 aromatic carbocycles. The maximum Gasteiger partial charge on any atom is 0.0306 e. The molecule has 0 radical (unpaired) electrons. The van der Waals surface area contributed by atoms with E-state index in [2.05, 4.69) is 35.6 Å². The molecule has 0 amide bonds. The SMILES string of the molecule is CCC1CC(CNC2CC2)(c2cccnc2)C1. The van der Waals surface area contributed by atoms with Gasteiger partial charge >= 0.3 is 0 Å². The fourth-order valence-corrected chi connectivity index (χ4v) is 3.12. The Bertz CT molecular complexity index is 364. The fourth-order valence-electron chi connectivity index (χ4n) is 3.12. The van der Waals surface area contributed by atoms with Gasteiger partial charge in [0.05, 0.1) is 0 Å². The minimum absolute atomic E-state index is 0.386. The number of hydrogen-bond donors (Lipinski definition) is 1. The van der Waals surface area contributed by atoms with E-state index in [4.69, 9.17) is 0 Å². The van der Waals surface area contributed by atoms with Crippen molar-refractivity contribution in [2.75, 3.05) is 6.54 Å². The van der Waals surface area contributed by atoms with Gasteiger partial charge < -0.3 is 5.32 Å². The molecule has 3 rings (SSSR count). The van der Waals surface area contributed by atoms with Crippen LogP contribution in [0, 0.1) is 5.92 Å². The van der Waals surface area contributed by atoms with E-state index < -0.39 is 0 Å². The van der Waals surface area contributed by atoms with Gasteiger partial charge in [0.1, 0.15) is 0 Å². The largest absolute Gasteiger partial charge is 0.313 e. The first-order valence-corrected chi connectivity index (χ1v) is 6.96. The van der Waals surface area contributed by atoms with Crippen LogP contribution in [0.25, 0.3) is 0 Å². The molecule has 0 unspecified atom stereocenters. The lowest BCUT2D eigenvalue weighted by molar-refractivity contribution is 0.133. The molecule has 17 heavy (non-hydrogen) atoms. The minimum Gasteiger partial charge on any atom is -0.313 e. The highest BCUT2D eigenvalue weighted by Crippen LogP contribution is 2.48. The maximum absolute atomic E-state index is 4.30. The number of rotatable bonds is 5. The van der Waals surface area contributed by atoms with Crippen molar-refractivity contribution in [2.24, 2.45) is 5.92 Å². The third-order valence-electron chi connectivity index (χ3n) is 4.52. The van der Waals surface area contributed by atoms with Crippen molar-refractivity contribution in [3.8, 4) is 0 Å². The smallest absolute Gasteiger partial charge is 0.0306 e.